The van der Waals surface area contributed by atoms with E-state index in [4.69, 9.17) is 9.52 Å². The molecule has 1 atom stereocenters. The van der Waals surface area contributed by atoms with Crippen LogP contribution in [0.1, 0.15) is 12.8 Å². The molecule has 0 saturated carbocycles. The molecule has 0 aliphatic rings. The molecule has 15 heavy (non-hydrogen) atoms. The first-order valence-electron chi connectivity index (χ1n) is 4.84. The van der Waals surface area contributed by atoms with E-state index in [1.54, 1.807) is 11.8 Å². The third-order valence-corrected chi connectivity index (χ3v) is 3.14. The van der Waals surface area contributed by atoms with Crippen LogP contribution in [0.4, 0.5) is 0 Å². The van der Waals surface area contributed by atoms with Crippen LogP contribution in [0, 0.1) is 6.92 Å². The number of aryl methyl sites for hydroxylation is 1. The van der Waals surface area contributed by atoms with Gasteiger partial charge in [0.2, 0.25) is 0 Å². The second-order valence-electron chi connectivity index (χ2n) is 3.47. The molecule has 0 bridgehead atoms. The molecule has 0 amide bonds. The molecule has 0 aliphatic carbocycles. The van der Waals surface area contributed by atoms with Gasteiger partial charge < -0.3 is 9.52 Å². The number of thioether (sulfide) groups is 1. The fourth-order valence-electron chi connectivity index (χ4n) is 1.36. The first-order valence-corrected chi connectivity index (χ1v) is 5.71. The predicted molar refractivity (Wildman–Crippen MR) is 61.2 cm³/mol. The summed E-state index contributed by atoms with van der Waals surface area (Å²) in [5.41, 5.74) is 1.69. The molecule has 0 radical (unpaired) electrons. The topological polar surface area (TPSA) is 46.3 Å². The fourth-order valence-corrected chi connectivity index (χ4v) is 2.22. The smallest absolute Gasteiger partial charge is 0.192 e. The Balaban J connectivity index is 2.30. The second-order valence-corrected chi connectivity index (χ2v) is 4.99. The number of benzene rings is 1. The largest absolute Gasteiger partial charge is 0.441 e. The quantitative estimate of drug-likeness (QED) is 0.812. The lowest BCUT2D eigenvalue weighted by atomic mass is 10.3. The molecule has 1 aromatic carbocycles. The molecule has 0 spiro atoms. The molecule has 0 saturated heterocycles. The van der Waals surface area contributed by atoms with E-state index in [1.165, 1.54) is 0 Å². The average molecular weight is 223 g/mol. The van der Waals surface area contributed by atoms with Gasteiger partial charge in [0.25, 0.3) is 0 Å². The maximum atomic E-state index is 8.96. The molecule has 1 aromatic heterocycles. The zero-order valence-corrected chi connectivity index (χ0v) is 9.54. The zero-order valence-electron chi connectivity index (χ0n) is 8.73. The van der Waals surface area contributed by atoms with Crippen molar-refractivity contribution in [3.8, 4) is 0 Å². The number of rotatable bonds is 3. The standard InChI is InChI=1S/C11H13NO2S/c1-7(6-13)15-9-3-4-10-11(5-9)14-8(2)12-10/h3-5,7,13H,6H2,1-2H3. The maximum Gasteiger partial charge on any atom is 0.192 e. The van der Waals surface area contributed by atoms with E-state index in [0.29, 0.717) is 5.89 Å². The summed E-state index contributed by atoms with van der Waals surface area (Å²) >= 11 is 1.63. The summed E-state index contributed by atoms with van der Waals surface area (Å²) in [6.07, 6.45) is 0. The molecule has 0 fully saturated rings. The van der Waals surface area contributed by atoms with Crippen molar-refractivity contribution in [3.63, 3.8) is 0 Å². The van der Waals surface area contributed by atoms with Crippen LogP contribution in [0.3, 0.4) is 0 Å². The van der Waals surface area contributed by atoms with Crippen molar-refractivity contribution in [3.05, 3.63) is 24.1 Å². The molecule has 4 heteroatoms. The third kappa shape index (κ3) is 2.33. The maximum absolute atomic E-state index is 8.96. The Hall–Kier alpha value is -1.00. The minimum Gasteiger partial charge on any atom is -0.441 e. The van der Waals surface area contributed by atoms with E-state index in [9.17, 15) is 0 Å². The first-order chi connectivity index (χ1) is 7.19. The molecule has 1 heterocycles. The Labute approximate surface area is 92.5 Å². The van der Waals surface area contributed by atoms with E-state index in [2.05, 4.69) is 4.98 Å². The molecule has 1 N–H and O–H groups in total. The summed E-state index contributed by atoms with van der Waals surface area (Å²) in [5.74, 6) is 0.683. The third-order valence-electron chi connectivity index (χ3n) is 2.06. The van der Waals surface area contributed by atoms with Crippen molar-refractivity contribution in [1.82, 2.24) is 4.98 Å². The van der Waals surface area contributed by atoms with E-state index in [-0.39, 0.29) is 11.9 Å². The molecule has 2 rings (SSSR count). The van der Waals surface area contributed by atoms with E-state index in [0.717, 1.165) is 16.0 Å². The summed E-state index contributed by atoms with van der Waals surface area (Å²) in [6, 6.07) is 5.91. The van der Waals surface area contributed by atoms with Crippen LogP contribution >= 0.6 is 11.8 Å². The Morgan fingerprint density at radius 3 is 3.07 bits per heavy atom. The highest BCUT2D eigenvalue weighted by Crippen LogP contribution is 2.26. The lowest BCUT2D eigenvalue weighted by Gasteiger charge is -2.06. The van der Waals surface area contributed by atoms with Gasteiger partial charge in [-0.25, -0.2) is 4.98 Å². The summed E-state index contributed by atoms with van der Waals surface area (Å²) in [6.45, 7) is 4.00. The lowest BCUT2D eigenvalue weighted by molar-refractivity contribution is 0.300. The van der Waals surface area contributed by atoms with Gasteiger partial charge in [0.05, 0.1) is 6.61 Å². The molecule has 3 nitrogen and oxygen atoms in total. The number of aliphatic hydroxyl groups is 1. The van der Waals surface area contributed by atoms with Crippen molar-refractivity contribution < 1.29 is 9.52 Å². The van der Waals surface area contributed by atoms with Gasteiger partial charge in [0.15, 0.2) is 11.5 Å². The average Bonchev–Trinajstić information content (AvgIpc) is 2.57. The molecule has 2 aromatic rings. The van der Waals surface area contributed by atoms with Crippen LogP contribution < -0.4 is 0 Å². The molecular formula is C11H13NO2S. The highest BCUT2D eigenvalue weighted by Gasteiger charge is 2.06. The minimum absolute atomic E-state index is 0.179. The van der Waals surface area contributed by atoms with Gasteiger partial charge in [-0.15, -0.1) is 11.8 Å². The Kier molecular flexibility index (Phi) is 2.98. The SMILES string of the molecule is Cc1nc2ccc(SC(C)CO)cc2o1. The number of fused-ring (bicyclic) bond motifs is 1. The van der Waals surface area contributed by atoms with Crippen LogP contribution in [0.2, 0.25) is 0 Å². The van der Waals surface area contributed by atoms with Crippen molar-refractivity contribution >= 4 is 22.9 Å². The van der Waals surface area contributed by atoms with Crippen molar-refractivity contribution in [2.24, 2.45) is 0 Å². The van der Waals surface area contributed by atoms with Crippen LogP contribution in [0.5, 0.6) is 0 Å². The van der Waals surface area contributed by atoms with Crippen LogP contribution in [0.15, 0.2) is 27.5 Å². The van der Waals surface area contributed by atoms with E-state index >= 15 is 0 Å². The van der Waals surface area contributed by atoms with Crippen LogP contribution in [0.25, 0.3) is 11.1 Å². The molecule has 80 valence electrons. The van der Waals surface area contributed by atoms with E-state index < -0.39 is 0 Å². The summed E-state index contributed by atoms with van der Waals surface area (Å²) in [5, 5.41) is 9.16. The molecule has 0 aliphatic heterocycles. The van der Waals surface area contributed by atoms with Crippen molar-refractivity contribution in [2.45, 2.75) is 24.0 Å². The van der Waals surface area contributed by atoms with Gasteiger partial charge in [0.1, 0.15) is 5.52 Å². The minimum atomic E-state index is 0.179. The molecular weight excluding hydrogens is 210 g/mol. The predicted octanol–water partition coefficient (Wildman–Crippen LogP) is 2.61. The van der Waals surface area contributed by atoms with Gasteiger partial charge >= 0.3 is 0 Å². The zero-order chi connectivity index (χ0) is 10.8. The second kappa shape index (κ2) is 4.24. The number of aromatic nitrogens is 1. The summed E-state index contributed by atoms with van der Waals surface area (Å²) in [7, 11) is 0. The summed E-state index contributed by atoms with van der Waals surface area (Å²) < 4.78 is 5.44. The van der Waals surface area contributed by atoms with Gasteiger partial charge in [-0.05, 0) is 18.2 Å². The lowest BCUT2D eigenvalue weighted by Crippen LogP contribution is -2.00. The number of hydrogen-bond acceptors (Lipinski definition) is 4. The van der Waals surface area contributed by atoms with Gasteiger partial charge in [-0.1, -0.05) is 6.92 Å². The van der Waals surface area contributed by atoms with Crippen LogP contribution in [-0.4, -0.2) is 21.9 Å². The number of aliphatic hydroxyl groups excluding tert-OH is 1. The monoisotopic (exact) mass is 223 g/mol. The van der Waals surface area contributed by atoms with Gasteiger partial charge in [-0.3, -0.25) is 0 Å². The van der Waals surface area contributed by atoms with Gasteiger partial charge in [0, 0.05) is 17.1 Å². The van der Waals surface area contributed by atoms with Crippen molar-refractivity contribution in [2.75, 3.05) is 6.61 Å². The first kappa shape index (κ1) is 10.5. The normalized spacial score (nSPS) is 13.3. The van der Waals surface area contributed by atoms with Gasteiger partial charge in [-0.2, -0.15) is 0 Å². The molecule has 1 unspecified atom stereocenters. The Bertz CT molecular complexity index is 467. The Morgan fingerprint density at radius 1 is 1.53 bits per heavy atom. The number of oxazole rings is 1. The number of hydrogen-bond donors (Lipinski definition) is 1. The summed E-state index contributed by atoms with van der Waals surface area (Å²) in [4.78, 5) is 5.33. The van der Waals surface area contributed by atoms with Crippen LogP contribution in [-0.2, 0) is 0 Å². The highest BCUT2D eigenvalue weighted by atomic mass is 32.2. The Morgan fingerprint density at radius 2 is 2.33 bits per heavy atom. The number of nitrogens with zero attached hydrogens (tertiary/aromatic N) is 1. The van der Waals surface area contributed by atoms with Crippen molar-refractivity contribution in [1.29, 1.82) is 0 Å². The highest BCUT2D eigenvalue weighted by molar-refractivity contribution is 8.00. The van der Waals surface area contributed by atoms with E-state index in [1.807, 2.05) is 32.0 Å². The fraction of sp³-hybridized carbons (Fsp3) is 0.364.